The Balaban J connectivity index is 4.16. The Morgan fingerprint density at radius 2 is 1.71 bits per heavy atom. The Morgan fingerprint density at radius 3 is 2.06 bits per heavy atom. The predicted octanol–water partition coefficient (Wildman–Crippen LogP) is 2.19. The molecule has 0 saturated heterocycles. The van der Waals surface area contributed by atoms with Gasteiger partial charge in [-0.25, -0.2) is 0 Å². The van der Waals surface area contributed by atoms with Gasteiger partial charge < -0.3 is 5.11 Å². The fourth-order valence-corrected chi connectivity index (χ4v) is 1.53. The van der Waals surface area contributed by atoms with Gasteiger partial charge in [-0.15, -0.1) is 0 Å². The van der Waals surface area contributed by atoms with Crippen molar-refractivity contribution in [3.05, 3.63) is 0 Å². The molecule has 0 amide bonds. The number of carboxylic acids is 1. The first kappa shape index (κ1) is 16.4. The third-order valence-electron chi connectivity index (χ3n) is 1.43. The Labute approximate surface area is 96.8 Å². The molecule has 0 rings (SSSR count). The summed E-state index contributed by atoms with van der Waals surface area (Å²) in [5.74, 6) is -2.17. The van der Waals surface area contributed by atoms with Crippen molar-refractivity contribution in [2.24, 2.45) is 0 Å². The second kappa shape index (κ2) is 6.34. The van der Waals surface area contributed by atoms with Crippen LogP contribution in [0.15, 0.2) is 0 Å². The van der Waals surface area contributed by atoms with Crippen LogP contribution in [-0.2, 0) is 4.79 Å². The zero-order valence-corrected chi connectivity index (χ0v) is 9.12. The van der Waals surface area contributed by atoms with E-state index in [9.17, 15) is 31.1 Å². The van der Waals surface area contributed by atoms with E-state index in [1.165, 1.54) is 0 Å². The summed E-state index contributed by atoms with van der Waals surface area (Å²) < 4.78 is 71.0. The Bertz CT molecular complexity index is 254. The smallest absolute Gasteiger partial charge is 0.441 e. The molecular formula is C7H9F6NO2S. The Hall–Kier alpha value is -0.640. The van der Waals surface area contributed by atoms with Crippen molar-refractivity contribution in [2.45, 2.75) is 11.7 Å². The van der Waals surface area contributed by atoms with Crippen LogP contribution in [0.2, 0.25) is 0 Å². The maximum absolute atomic E-state index is 12.0. The van der Waals surface area contributed by atoms with Crippen LogP contribution in [0.3, 0.4) is 0 Å². The first-order valence-electron chi connectivity index (χ1n) is 4.21. The molecule has 17 heavy (non-hydrogen) atoms. The molecule has 0 aromatic rings. The van der Waals surface area contributed by atoms with E-state index in [1.807, 2.05) is 0 Å². The molecule has 0 aromatic heterocycles. The molecule has 3 nitrogen and oxygen atoms in total. The average Bonchev–Trinajstić information content (AvgIpc) is 1.95. The van der Waals surface area contributed by atoms with Gasteiger partial charge in [0.05, 0.1) is 13.1 Å². The molecule has 0 heterocycles. The molecule has 0 atom stereocenters. The fourth-order valence-electron chi connectivity index (χ4n) is 0.949. The van der Waals surface area contributed by atoms with Crippen LogP contribution >= 0.6 is 11.8 Å². The van der Waals surface area contributed by atoms with Crippen molar-refractivity contribution in [3.63, 3.8) is 0 Å². The molecule has 0 spiro atoms. The van der Waals surface area contributed by atoms with E-state index in [0.29, 0.717) is 4.90 Å². The van der Waals surface area contributed by atoms with Crippen LogP contribution in [0.4, 0.5) is 26.3 Å². The summed E-state index contributed by atoms with van der Waals surface area (Å²) in [5.41, 5.74) is -4.53. The van der Waals surface area contributed by atoms with Gasteiger partial charge in [0.2, 0.25) is 0 Å². The highest BCUT2D eigenvalue weighted by molar-refractivity contribution is 8.00. The number of carbonyl (C=O) groups is 1. The summed E-state index contributed by atoms with van der Waals surface area (Å²) in [7, 11) is 0. The molecule has 0 radical (unpaired) electrons. The maximum Gasteiger partial charge on any atom is 0.441 e. The van der Waals surface area contributed by atoms with Crippen LogP contribution in [0.5, 0.6) is 0 Å². The molecule has 0 aliphatic rings. The minimum Gasteiger partial charge on any atom is -0.480 e. The van der Waals surface area contributed by atoms with E-state index in [0.717, 1.165) is 0 Å². The van der Waals surface area contributed by atoms with Crippen LogP contribution in [0.1, 0.15) is 0 Å². The second-order valence-corrected chi connectivity index (χ2v) is 4.17. The lowest BCUT2D eigenvalue weighted by Crippen LogP contribution is -2.39. The quantitative estimate of drug-likeness (QED) is 0.759. The summed E-state index contributed by atoms with van der Waals surface area (Å²) in [6.07, 6.45) is -4.64. The fraction of sp³-hybridized carbons (Fsp3) is 0.857. The standard InChI is InChI=1S/C7H9F6NO2S/c8-6(9,10)4-14(3-5(15)16)1-2-17-7(11,12)13/h1-4H2,(H,15,16). The topological polar surface area (TPSA) is 40.5 Å². The van der Waals surface area contributed by atoms with Gasteiger partial charge in [0.25, 0.3) is 0 Å². The average molecular weight is 285 g/mol. The van der Waals surface area contributed by atoms with E-state index < -0.39 is 54.8 Å². The summed E-state index contributed by atoms with van der Waals surface area (Å²) in [5, 5.41) is 8.30. The maximum atomic E-state index is 12.0. The number of hydrogen-bond donors (Lipinski definition) is 1. The van der Waals surface area contributed by atoms with E-state index in [4.69, 9.17) is 5.11 Å². The summed E-state index contributed by atoms with van der Waals surface area (Å²) in [6, 6.07) is 0. The van der Waals surface area contributed by atoms with Gasteiger partial charge in [-0.05, 0) is 11.8 Å². The molecule has 0 aromatic carbocycles. The van der Waals surface area contributed by atoms with Crippen molar-refractivity contribution in [3.8, 4) is 0 Å². The van der Waals surface area contributed by atoms with Crippen LogP contribution < -0.4 is 0 Å². The Morgan fingerprint density at radius 1 is 1.18 bits per heavy atom. The molecule has 0 unspecified atom stereocenters. The van der Waals surface area contributed by atoms with Gasteiger partial charge in [-0.3, -0.25) is 9.69 Å². The van der Waals surface area contributed by atoms with Gasteiger partial charge in [0.1, 0.15) is 0 Å². The number of alkyl halides is 6. The minimum absolute atomic E-state index is 0.404. The molecule has 0 saturated carbocycles. The number of aliphatic carboxylic acids is 1. The van der Waals surface area contributed by atoms with Crippen molar-refractivity contribution >= 4 is 17.7 Å². The molecule has 0 bridgehead atoms. The SMILES string of the molecule is O=C(O)CN(CCSC(F)(F)F)CC(F)(F)F. The minimum atomic E-state index is -4.64. The van der Waals surface area contributed by atoms with Gasteiger partial charge >= 0.3 is 17.7 Å². The lowest BCUT2D eigenvalue weighted by Gasteiger charge is -2.21. The number of carboxylic acid groups (broad SMARTS) is 1. The number of rotatable bonds is 6. The number of nitrogens with zero attached hydrogens (tertiary/aromatic N) is 1. The highest BCUT2D eigenvalue weighted by Crippen LogP contribution is 2.30. The van der Waals surface area contributed by atoms with Crippen LogP contribution in [-0.4, -0.2) is 53.0 Å². The molecule has 0 fully saturated rings. The highest BCUT2D eigenvalue weighted by Gasteiger charge is 2.33. The summed E-state index contributed by atoms with van der Waals surface area (Å²) in [4.78, 5) is 10.6. The van der Waals surface area contributed by atoms with Crippen molar-refractivity contribution in [1.82, 2.24) is 4.90 Å². The largest absolute Gasteiger partial charge is 0.480 e. The molecule has 0 aliphatic heterocycles. The van der Waals surface area contributed by atoms with E-state index in [1.54, 1.807) is 0 Å². The van der Waals surface area contributed by atoms with Crippen molar-refractivity contribution in [1.29, 1.82) is 0 Å². The van der Waals surface area contributed by atoms with Gasteiger partial charge in [-0.2, -0.15) is 26.3 Å². The second-order valence-electron chi connectivity index (χ2n) is 3.01. The van der Waals surface area contributed by atoms with Crippen LogP contribution in [0.25, 0.3) is 0 Å². The lowest BCUT2D eigenvalue weighted by atomic mass is 10.4. The number of hydrogen-bond acceptors (Lipinski definition) is 3. The lowest BCUT2D eigenvalue weighted by molar-refractivity contribution is -0.153. The van der Waals surface area contributed by atoms with E-state index in [2.05, 4.69) is 0 Å². The molecule has 10 heteroatoms. The molecule has 0 aliphatic carbocycles. The third-order valence-corrected chi connectivity index (χ3v) is 2.15. The zero-order chi connectivity index (χ0) is 13.7. The monoisotopic (exact) mass is 285 g/mol. The van der Waals surface area contributed by atoms with Gasteiger partial charge in [0.15, 0.2) is 0 Å². The first-order valence-corrected chi connectivity index (χ1v) is 5.20. The number of thioether (sulfide) groups is 1. The molecular weight excluding hydrogens is 276 g/mol. The van der Waals surface area contributed by atoms with Gasteiger partial charge in [-0.1, -0.05) is 0 Å². The summed E-state index contributed by atoms with van der Waals surface area (Å²) in [6.45, 7) is -3.09. The van der Waals surface area contributed by atoms with Crippen molar-refractivity contribution in [2.75, 3.05) is 25.4 Å². The molecule has 102 valence electrons. The number of halogens is 6. The summed E-state index contributed by atoms with van der Waals surface area (Å²) >= 11 is -0.487. The van der Waals surface area contributed by atoms with Crippen LogP contribution in [0, 0.1) is 0 Å². The van der Waals surface area contributed by atoms with E-state index in [-0.39, 0.29) is 0 Å². The highest BCUT2D eigenvalue weighted by atomic mass is 32.2. The molecule has 1 N–H and O–H groups in total. The predicted molar refractivity (Wildman–Crippen MR) is 48.6 cm³/mol. The first-order chi connectivity index (χ1) is 7.49. The zero-order valence-electron chi connectivity index (χ0n) is 8.31. The Kier molecular flexibility index (Phi) is 6.10. The third kappa shape index (κ3) is 11.6. The van der Waals surface area contributed by atoms with Crippen molar-refractivity contribution < 1.29 is 36.2 Å². The van der Waals surface area contributed by atoms with E-state index >= 15 is 0 Å². The normalized spacial score (nSPS) is 13.1. The van der Waals surface area contributed by atoms with Gasteiger partial charge in [0, 0.05) is 12.3 Å².